The van der Waals surface area contributed by atoms with Crippen molar-refractivity contribution in [1.29, 1.82) is 0 Å². The van der Waals surface area contributed by atoms with Crippen molar-refractivity contribution >= 4 is 28.1 Å². The second-order valence-electron chi connectivity index (χ2n) is 3.15. The van der Waals surface area contributed by atoms with Gasteiger partial charge in [0.15, 0.2) is 5.03 Å². The second-order valence-corrected chi connectivity index (χ2v) is 4.26. The van der Waals surface area contributed by atoms with Gasteiger partial charge >= 0.3 is 5.69 Å². The minimum Gasteiger partial charge on any atom is -0.262 e. The average Bonchev–Trinajstić information content (AvgIpc) is 2.40. The molecule has 0 saturated carbocycles. The predicted molar refractivity (Wildman–Crippen MR) is 74.7 cm³/mol. The van der Waals surface area contributed by atoms with E-state index in [1.807, 2.05) is 25.1 Å². The third-order valence-corrected chi connectivity index (χ3v) is 2.85. The van der Waals surface area contributed by atoms with Crippen LogP contribution in [0.1, 0.15) is 5.69 Å². The highest BCUT2D eigenvalue weighted by molar-refractivity contribution is 8.68. The number of hydrogen-bond donors (Lipinski definition) is 1. The number of aromatic nitrogens is 2. The minimum atomic E-state index is -0.481. The molecule has 0 aliphatic carbocycles. The van der Waals surface area contributed by atoms with Crippen LogP contribution in [0.2, 0.25) is 0 Å². The number of aryl methyl sites for hydroxylation is 1. The van der Waals surface area contributed by atoms with Crippen LogP contribution in [0, 0.1) is 17.0 Å². The Morgan fingerprint density at radius 1 is 1.22 bits per heavy atom. The standard InChI is InChI=1S/C6H7N.C5H4N2O2S2/c1-6-4-2-3-5-7-6;8-7(9)4-2-1-3-6-5(4)11-10/h2-5H,1H3;1-3,10H. The molecule has 7 heteroatoms. The molecule has 0 aliphatic rings. The lowest BCUT2D eigenvalue weighted by Crippen LogP contribution is -1.90. The second kappa shape index (κ2) is 7.67. The molecule has 0 spiro atoms. The van der Waals surface area contributed by atoms with Gasteiger partial charge in [-0.15, -0.1) is 11.7 Å². The summed E-state index contributed by atoms with van der Waals surface area (Å²) in [5.41, 5.74) is 1.06. The molecule has 18 heavy (non-hydrogen) atoms. The fourth-order valence-corrected chi connectivity index (χ4v) is 1.81. The van der Waals surface area contributed by atoms with E-state index in [4.69, 9.17) is 0 Å². The fraction of sp³-hybridized carbons (Fsp3) is 0.0909. The smallest absolute Gasteiger partial charge is 0.262 e. The van der Waals surface area contributed by atoms with Crippen molar-refractivity contribution in [3.05, 3.63) is 58.5 Å². The molecule has 5 nitrogen and oxygen atoms in total. The zero-order valence-corrected chi connectivity index (χ0v) is 11.3. The molecule has 0 unspecified atom stereocenters. The van der Waals surface area contributed by atoms with Crippen LogP contribution in [-0.2, 0) is 0 Å². The Balaban J connectivity index is 0.000000199. The van der Waals surface area contributed by atoms with E-state index in [1.54, 1.807) is 6.20 Å². The molecule has 94 valence electrons. The van der Waals surface area contributed by atoms with E-state index in [2.05, 4.69) is 21.6 Å². The summed E-state index contributed by atoms with van der Waals surface area (Å²) in [6.07, 6.45) is 3.28. The van der Waals surface area contributed by atoms with Gasteiger partial charge in [0.1, 0.15) is 0 Å². The number of nitrogens with zero attached hydrogens (tertiary/aromatic N) is 3. The molecule has 0 atom stereocenters. The predicted octanol–water partition coefficient (Wildman–Crippen LogP) is 3.32. The van der Waals surface area contributed by atoms with Gasteiger partial charge in [0.05, 0.1) is 4.92 Å². The molecule has 0 fully saturated rings. The van der Waals surface area contributed by atoms with E-state index >= 15 is 0 Å². The Bertz CT molecular complexity index is 509. The van der Waals surface area contributed by atoms with Crippen molar-refractivity contribution in [3.8, 4) is 0 Å². The van der Waals surface area contributed by atoms with Gasteiger partial charge in [0, 0.05) is 24.2 Å². The van der Waals surface area contributed by atoms with Gasteiger partial charge in [-0.1, -0.05) is 6.07 Å². The van der Waals surface area contributed by atoms with Crippen LogP contribution >= 0.6 is 22.5 Å². The van der Waals surface area contributed by atoms with E-state index in [-0.39, 0.29) is 5.69 Å². The highest BCUT2D eigenvalue weighted by Gasteiger charge is 2.12. The monoisotopic (exact) mass is 281 g/mol. The van der Waals surface area contributed by atoms with Gasteiger partial charge in [0.2, 0.25) is 0 Å². The maximum absolute atomic E-state index is 10.3. The van der Waals surface area contributed by atoms with Crippen LogP contribution in [0.25, 0.3) is 0 Å². The number of pyridine rings is 2. The summed E-state index contributed by atoms with van der Waals surface area (Å²) in [4.78, 5) is 17.6. The highest BCUT2D eigenvalue weighted by atomic mass is 33.1. The van der Waals surface area contributed by atoms with Crippen LogP contribution in [0.15, 0.2) is 47.8 Å². The molecule has 0 N–H and O–H groups in total. The van der Waals surface area contributed by atoms with Crippen molar-refractivity contribution in [3.63, 3.8) is 0 Å². The number of thiol groups is 1. The Labute approximate surface area is 114 Å². The van der Waals surface area contributed by atoms with Crippen LogP contribution < -0.4 is 0 Å². The van der Waals surface area contributed by atoms with Crippen LogP contribution in [0.4, 0.5) is 5.69 Å². The van der Waals surface area contributed by atoms with Crippen LogP contribution in [0.5, 0.6) is 0 Å². The Kier molecular flexibility index (Phi) is 6.16. The average molecular weight is 281 g/mol. The van der Waals surface area contributed by atoms with Crippen molar-refractivity contribution in [2.45, 2.75) is 11.9 Å². The molecule has 0 aromatic carbocycles. The first-order valence-electron chi connectivity index (χ1n) is 4.93. The van der Waals surface area contributed by atoms with Crippen LogP contribution in [-0.4, -0.2) is 14.9 Å². The maximum atomic E-state index is 10.3. The quantitative estimate of drug-likeness (QED) is 0.396. The van der Waals surface area contributed by atoms with Gasteiger partial charge in [-0.05, 0) is 35.9 Å². The van der Waals surface area contributed by atoms with Crippen molar-refractivity contribution in [1.82, 2.24) is 9.97 Å². The van der Waals surface area contributed by atoms with E-state index in [9.17, 15) is 10.1 Å². The number of rotatable bonds is 2. The molecule has 0 saturated heterocycles. The molecule has 2 rings (SSSR count). The number of hydrogen-bond acceptors (Lipinski definition) is 6. The van der Waals surface area contributed by atoms with E-state index in [0.29, 0.717) is 5.03 Å². The third kappa shape index (κ3) is 4.72. The first-order valence-corrected chi connectivity index (χ1v) is 6.80. The third-order valence-electron chi connectivity index (χ3n) is 1.85. The molecular formula is C11H11N3O2S2. The molecular weight excluding hydrogens is 270 g/mol. The van der Waals surface area contributed by atoms with E-state index in [0.717, 1.165) is 16.5 Å². The molecule has 0 amide bonds. The van der Waals surface area contributed by atoms with Gasteiger partial charge in [-0.25, -0.2) is 4.98 Å². The minimum absolute atomic E-state index is 0.00694. The highest BCUT2D eigenvalue weighted by Crippen LogP contribution is 2.27. The zero-order valence-electron chi connectivity index (χ0n) is 9.56. The fourth-order valence-electron chi connectivity index (χ4n) is 1.04. The largest absolute Gasteiger partial charge is 0.302 e. The first kappa shape index (κ1) is 14.5. The molecule has 0 bridgehead atoms. The van der Waals surface area contributed by atoms with Crippen molar-refractivity contribution in [2.24, 2.45) is 0 Å². The lowest BCUT2D eigenvalue weighted by molar-refractivity contribution is -0.388. The lowest BCUT2D eigenvalue weighted by Gasteiger charge is -1.94. The first-order chi connectivity index (χ1) is 8.65. The molecule has 2 aromatic heterocycles. The number of nitro groups is 1. The lowest BCUT2D eigenvalue weighted by atomic mass is 10.4. The maximum Gasteiger partial charge on any atom is 0.302 e. The Morgan fingerprint density at radius 2 is 1.94 bits per heavy atom. The zero-order chi connectivity index (χ0) is 13.4. The van der Waals surface area contributed by atoms with Crippen LogP contribution in [0.3, 0.4) is 0 Å². The normalized spacial score (nSPS) is 9.22. The Hall–Kier alpha value is -1.60. The molecule has 0 radical (unpaired) electrons. The van der Waals surface area contributed by atoms with E-state index < -0.39 is 4.92 Å². The van der Waals surface area contributed by atoms with E-state index in [1.165, 1.54) is 18.3 Å². The molecule has 2 heterocycles. The summed E-state index contributed by atoms with van der Waals surface area (Å²) in [6, 6.07) is 8.77. The molecule has 2 aromatic rings. The summed E-state index contributed by atoms with van der Waals surface area (Å²) in [5.74, 6) is 0. The summed E-state index contributed by atoms with van der Waals surface area (Å²) in [5, 5.41) is 10.6. The topological polar surface area (TPSA) is 68.9 Å². The summed E-state index contributed by atoms with van der Waals surface area (Å²) >= 11 is 3.82. The van der Waals surface area contributed by atoms with Gasteiger partial charge in [-0.2, -0.15) is 0 Å². The molecule has 0 aliphatic heterocycles. The van der Waals surface area contributed by atoms with Gasteiger partial charge in [0.25, 0.3) is 0 Å². The summed E-state index contributed by atoms with van der Waals surface area (Å²) < 4.78 is 0. The summed E-state index contributed by atoms with van der Waals surface area (Å²) in [7, 11) is 0.965. The van der Waals surface area contributed by atoms with Crippen molar-refractivity contribution < 1.29 is 4.92 Å². The van der Waals surface area contributed by atoms with Crippen molar-refractivity contribution in [2.75, 3.05) is 0 Å². The summed E-state index contributed by atoms with van der Waals surface area (Å²) in [6.45, 7) is 1.97. The SMILES string of the molecule is Cc1ccccn1.O=[N+]([O-])c1cccnc1SS. The Morgan fingerprint density at radius 3 is 2.33 bits per heavy atom. The van der Waals surface area contributed by atoms with Gasteiger partial charge in [-0.3, -0.25) is 15.1 Å². The van der Waals surface area contributed by atoms with Gasteiger partial charge < -0.3 is 0 Å².